The maximum Gasteiger partial charge on any atom is 0.253 e. The Morgan fingerprint density at radius 2 is 2.06 bits per heavy atom. The third kappa shape index (κ3) is 2.76. The van der Waals surface area contributed by atoms with Crippen LogP contribution < -0.4 is 16.8 Å². The number of hydrogen-bond acceptors (Lipinski definition) is 5. The molecule has 0 bridgehead atoms. The summed E-state index contributed by atoms with van der Waals surface area (Å²) in [5.74, 6) is -0.774. The molecule has 0 aromatic carbocycles. The SMILES string of the molecule is CCC(C)Nc1sc(C(C)=O)c(N)c1C(N)=O. The summed E-state index contributed by atoms with van der Waals surface area (Å²) in [6.07, 6.45) is 0.894. The lowest BCUT2D eigenvalue weighted by molar-refractivity contribution is 0.100. The highest BCUT2D eigenvalue weighted by Crippen LogP contribution is 2.36. The molecule has 1 aromatic heterocycles. The Hall–Kier alpha value is -1.56. The van der Waals surface area contributed by atoms with E-state index in [2.05, 4.69) is 5.32 Å². The molecule has 1 atom stereocenters. The Kier molecular flexibility index (Phi) is 4.11. The molecule has 0 spiro atoms. The molecular formula is C11H17N3O2S. The van der Waals surface area contributed by atoms with E-state index in [4.69, 9.17) is 11.5 Å². The monoisotopic (exact) mass is 255 g/mol. The highest BCUT2D eigenvalue weighted by molar-refractivity contribution is 7.19. The molecule has 1 rings (SSSR count). The van der Waals surface area contributed by atoms with E-state index >= 15 is 0 Å². The van der Waals surface area contributed by atoms with E-state index in [1.165, 1.54) is 18.3 Å². The Bertz CT molecular complexity index is 454. The second-order valence-corrected chi connectivity index (χ2v) is 4.94. The minimum atomic E-state index is -0.614. The van der Waals surface area contributed by atoms with E-state index < -0.39 is 5.91 Å². The number of nitrogens with two attached hydrogens (primary N) is 2. The molecule has 0 aliphatic rings. The van der Waals surface area contributed by atoms with Crippen molar-refractivity contribution in [2.75, 3.05) is 11.1 Å². The zero-order chi connectivity index (χ0) is 13.2. The van der Waals surface area contributed by atoms with Crippen molar-refractivity contribution < 1.29 is 9.59 Å². The van der Waals surface area contributed by atoms with Crippen LogP contribution in [-0.2, 0) is 0 Å². The summed E-state index contributed by atoms with van der Waals surface area (Å²) >= 11 is 1.18. The molecule has 5 N–H and O–H groups in total. The highest BCUT2D eigenvalue weighted by Gasteiger charge is 2.22. The van der Waals surface area contributed by atoms with Gasteiger partial charge in [0.15, 0.2) is 5.78 Å². The molecule has 0 fully saturated rings. The number of amides is 1. The first-order valence-electron chi connectivity index (χ1n) is 5.38. The number of nitrogen functional groups attached to an aromatic ring is 1. The van der Waals surface area contributed by atoms with E-state index in [-0.39, 0.29) is 23.1 Å². The average molecular weight is 255 g/mol. The molecule has 0 aliphatic carbocycles. The minimum Gasteiger partial charge on any atom is -0.397 e. The first-order chi connectivity index (χ1) is 7.88. The van der Waals surface area contributed by atoms with Crippen LogP contribution in [0, 0.1) is 0 Å². The number of carbonyl (C=O) groups excluding carboxylic acids is 2. The summed E-state index contributed by atoms with van der Waals surface area (Å²) in [7, 11) is 0. The van der Waals surface area contributed by atoms with Crippen LogP contribution >= 0.6 is 11.3 Å². The van der Waals surface area contributed by atoms with E-state index in [0.717, 1.165) is 6.42 Å². The fraction of sp³-hybridized carbons (Fsp3) is 0.455. The fourth-order valence-electron chi connectivity index (χ4n) is 1.38. The predicted molar refractivity (Wildman–Crippen MR) is 70.6 cm³/mol. The topological polar surface area (TPSA) is 98.2 Å². The normalized spacial score (nSPS) is 12.2. The van der Waals surface area contributed by atoms with Crippen molar-refractivity contribution in [2.45, 2.75) is 33.2 Å². The van der Waals surface area contributed by atoms with Gasteiger partial charge in [-0.25, -0.2) is 0 Å². The number of anilines is 2. The van der Waals surface area contributed by atoms with Crippen LogP contribution in [0.2, 0.25) is 0 Å². The van der Waals surface area contributed by atoms with Crippen molar-refractivity contribution in [1.82, 2.24) is 0 Å². The summed E-state index contributed by atoms with van der Waals surface area (Å²) < 4.78 is 0. The molecule has 1 unspecified atom stereocenters. The number of primary amides is 1. The molecule has 6 heteroatoms. The van der Waals surface area contributed by atoms with E-state index in [0.29, 0.717) is 9.88 Å². The van der Waals surface area contributed by atoms with Gasteiger partial charge >= 0.3 is 0 Å². The van der Waals surface area contributed by atoms with Crippen LogP contribution in [0.25, 0.3) is 0 Å². The van der Waals surface area contributed by atoms with Crippen LogP contribution in [-0.4, -0.2) is 17.7 Å². The molecule has 1 aromatic rings. The van der Waals surface area contributed by atoms with Gasteiger partial charge in [-0.1, -0.05) is 6.92 Å². The number of thiophene rings is 1. The first-order valence-corrected chi connectivity index (χ1v) is 6.19. The standard InChI is InChI=1S/C11H17N3O2S/c1-4-5(2)14-11-7(10(13)16)8(12)9(17-11)6(3)15/h5,14H,4,12H2,1-3H3,(H2,13,16). The van der Waals surface area contributed by atoms with Gasteiger partial charge in [-0.15, -0.1) is 11.3 Å². The average Bonchev–Trinajstić information content (AvgIpc) is 2.55. The van der Waals surface area contributed by atoms with Gasteiger partial charge in [0.2, 0.25) is 0 Å². The van der Waals surface area contributed by atoms with Crippen molar-refractivity contribution >= 4 is 33.7 Å². The number of Topliss-reactive ketones (excluding diaryl/α,β-unsaturated/α-hetero) is 1. The quantitative estimate of drug-likeness (QED) is 0.699. The summed E-state index contributed by atoms with van der Waals surface area (Å²) in [5, 5.41) is 3.72. The summed E-state index contributed by atoms with van der Waals surface area (Å²) in [6, 6.07) is 0.186. The molecule has 0 aliphatic heterocycles. The van der Waals surface area contributed by atoms with Gasteiger partial charge in [0, 0.05) is 13.0 Å². The maximum atomic E-state index is 11.4. The lowest BCUT2D eigenvalue weighted by atomic mass is 10.2. The van der Waals surface area contributed by atoms with Crippen LogP contribution in [0.4, 0.5) is 10.7 Å². The molecule has 1 amide bonds. The Labute approximate surface area is 104 Å². The molecule has 0 saturated carbocycles. The zero-order valence-corrected chi connectivity index (χ0v) is 11.0. The van der Waals surface area contributed by atoms with Gasteiger partial charge in [-0.2, -0.15) is 0 Å². The lowest BCUT2D eigenvalue weighted by Gasteiger charge is -2.11. The Balaban J connectivity index is 3.24. The Morgan fingerprint density at radius 3 is 2.47 bits per heavy atom. The number of ketones is 1. The number of nitrogens with one attached hydrogen (secondary N) is 1. The smallest absolute Gasteiger partial charge is 0.253 e. The Morgan fingerprint density at radius 1 is 1.47 bits per heavy atom. The molecule has 1 heterocycles. The molecule has 94 valence electrons. The molecule has 5 nitrogen and oxygen atoms in total. The number of carbonyl (C=O) groups is 2. The second kappa shape index (κ2) is 5.18. The van der Waals surface area contributed by atoms with Crippen molar-refractivity contribution in [1.29, 1.82) is 0 Å². The van der Waals surface area contributed by atoms with Crippen molar-refractivity contribution in [3.05, 3.63) is 10.4 Å². The number of hydrogen-bond donors (Lipinski definition) is 3. The fourth-order valence-corrected chi connectivity index (χ4v) is 2.51. The molecular weight excluding hydrogens is 238 g/mol. The molecule has 0 radical (unpaired) electrons. The van der Waals surface area contributed by atoms with Gasteiger partial charge in [0.25, 0.3) is 5.91 Å². The van der Waals surface area contributed by atoms with Gasteiger partial charge in [0.05, 0.1) is 16.1 Å². The van der Waals surface area contributed by atoms with Crippen molar-refractivity contribution in [3.8, 4) is 0 Å². The summed E-state index contributed by atoms with van der Waals surface area (Å²) in [4.78, 5) is 23.1. The molecule has 17 heavy (non-hydrogen) atoms. The van der Waals surface area contributed by atoms with Crippen LogP contribution in [0.15, 0.2) is 0 Å². The third-order valence-corrected chi connectivity index (χ3v) is 3.74. The third-order valence-electron chi connectivity index (χ3n) is 2.50. The maximum absolute atomic E-state index is 11.4. The zero-order valence-electron chi connectivity index (χ0n) is 10.2. The summed E-state index contributed by atoms with van der Waals surface area (Å²) in [6.45, 7) is 5.42. The van der Waals surface area contributed by atoms with E-state index in [9.17, 15) is 9.59 Å². The highest BCUT2D eigenvalue weighted by atomic mass is 32.1. The van der Waals surface area contributed by atoms with Crippen LogP contribution in [0.3, 0.4) is 0 Å². The van der Waals surface area contributed by atoms with Gasteiger partial charge in [-0.05, 0) is 13.3 Å². The predicted octanol–water partition coefficient (Wildman–Crippen LogP) is 1.84. The van der Waals surface area contributed by atoms with E-state index in [1.807, 2.05) is 13.8 Å². The van der Waals surface area contributed by atoms with E-state index in [1.54, 1.807) is 0 Å². The van der Waals surface area contributed by atoms with Gasteiger partial charge in [-0.3, -0.25) is 9.59 Å². The van der Waals surface area contributed by atoms with Crippen LogP contribution in [0.5, 0.6) is 0 Å². The molecule has 0 saturated heterocycles. The van der Waals surface area contributed by atoms with Gasteiger partial charge in [0.1, 0.15) is 5.00 Å². The summed E-state index contributed by atoms with van der Waals surface area (Å²) in [5.41, 5.74) is 11.5. The van der Waals surface area contributed by atoms with Crippen molar-refractivity contribution in [2.24, 2.45) is 5.73 Å². The number of rotatable bonds is 5. The lowest BCUT2D eigenvalue weighted by Crippen LogP contribution is -2.18. The second-order valence-electron chi connectivity index (χ2n) is 3.92. The van der Waals surface area contributed by atoms with Gasteiger partial charge < -0.3 is 16.8 Å². The van der Waals surface area contributed by atoms with Crippen molar-refractivity contribution in [3.63, 3.8) is 0 Å². The van der Waals surface area contributed by atoms with Crippen LogP contribution in [0.1, 0.15) is 47.2 Å². The first kappa shape index (κ1) is 13.5. The minimum absolute atomic E-state index is 0.160. The largest absolute Gasteiger partial charge is 0.397 e.